The second-order valence-electron chi connectivity index (χ2n) is 10.4. The molecular formula is C22H36O8. The predicted molar refractivity (Wildman–Crippen MR) is 105 cm³/mol. The van der Waals surface area contributed by atoms with Crippen molar-refractivity contribution in [3.63, 3.8) is 0 Å². The second-order valence-corrected chi connectivity index (χ2v) is 10.4. The van der Waals surface area contributed by atoms with Crippen LogP contribution in [0.15, 0.2) is 0 Å². The van der Waals surface area contributed by atoms with Crippen molar-refractivity contribution in [1.29, 1.82) is 0 Å². The summed E-state index contributed by atoms with van der Waals surface area (Å²) in [6.45, 7) is 6.02. The van der Waals surface area contributed by atoms with Gasteiger partial charge in [0.15, 0.2) is 12.6 Å². The molecule has 0 radical (unpaired) electrons. The molecule has 0 aromatic carbocycles. The Balaban J connectivity index is 1.64. The molecule has 2 aliphatic heterocycles. The van der Waals surface area contributed by atoms with Gasteiger partial charge >= 0.3 is 5.97 Å². The van der Waals surface area contributed by atoms with Gasteiger partial charge in [-0.2, -0.15) is 0 Å². The molecule has 4 rings (SSSR count). The largest absolute Gasteiger partial charge is 0.462 e. The maximum absolute atomic E-state index is 12.7. The van der Waals surface area contributed by atoms with E-state index in [1.54, 1.807) is 0 Å². The molecule has 0 bridgehead atoms. The lowest BCUT2D eigenvalue weighted by Gasteiger charge is -2.61. The minimum atomic E-state index is -1.71. The number of hydrogen-bond acceptors (Lipinski definition) is 8. The van der Waals surface area contributed by atoms with Crippen LogP contribution in [0.2, 0.25) is 0 Å². The molecule has 0 amide bonds. The number of carbonyl (C=O) groups excluding carboxylic acids is 1. The highest BCUT2D eigenvalue weighted by molar-refractivity contribution is 5.80. The molecule has 0 unspecified atom stereocenters. The van der Waals surface area contributed by atoms with E-state index < -0.39 is 40.7 Å². The first-order valence-corrected chi connectivity index (χ1v) is 11.0. The van der Waals surface area contributed by atoms with E-state index in [0.717, 1.165) is 19.3 Å². The Bertz CT molecular complexity index is 697. The van der Waals surface area contributed by atoms with Gasteiger partial charge in [-0.15, -0.1) is 0 Å². The molecule has 2 saturated heterocycles. The van der Waals surface area contributed by atoms with Crippen LogP contribution in [0.1, 0.15) is 59.3 Å². The van der Waals surface area contributed by atoms with Crippen molar-refractivity contribution < 1.29 is 39.1 Å². The molecule has 0 aromatic heterocycles. The highest BCUT2D eigenvalue weighted by Gasteiger charge is 2.71. The summed E-state index contributed by atoms with van der Waals surface area (Å²) in [6, 6.07) is 0. The monoisotopic (exact) mass is 428 g/mol. The highest BCUT2D eigenvalue weighted by Crippen LogP contribution is 2.67. The molecule has 8 heteroatoms. The van der Waals surface area contributed by atoms with Crippen LogP contribution < -0.4 is 0 Å². The standard InChI is InChI=1S/C22H36O8/c1-12-11-13-14-19(2,17(24)29-13)7-6-8-20(14,3)22(12,26)10-9-21(25)15(23)16(27-4)30-18(21)28-5/h12-16,18,23,25-26H,6-11H2,1-5H3/t12-,13-,14-,15-,16-,18+,19+,20-,21+,22-/m1/s1. The molecule has 0 aromatic rings. The Morgan fingerprint density at radius 1 is 1.13 bits per heavy atom. The molecule has 30 heavy (non-hydrogen) atoms. The molecular weight excluding hydrogens is 392 g/mol. The quantitative estimate of drug-likeness (QED) is 0.562. The average molecular weight is 429 g/mol. The number of methoxy groups -OCH3 is 2. The van der Waals surface area contributed by atoms with E-state index in [1.165, 1.54) is 14.2 Å². The number of carbonyl (C=O) groups is 1. The number of ether oxygens (including phenoxy) is 4. The Labute approximate surface area is 177 Å². The van der Waals surface area contributed by atoms with E-state index in [2.05, 4.69) is 6.92 Å². The van der Waals surface area contributed by atoms with E-state index in [0.29, 0.717) is 6.42 Å². The van der Waals surface area contributed by atoms with E-state index in [-0.39, 0.29) is 36.8 Å². The number of hydrogen-bond donors (Lipinski definition) is 3. The van der Waals surface area contributed by atoms with Gasteiger partial charge in [0, 0.05) is 25.6 Å². The zero-order valence-corrected chi connectivity index (χ0v) is 18.6. The van der Waals surface area contributed by atoms with Crippen molar-refractivity contribution in [2.45, 2.75) is 95.3 Å². The molecule has 172 valence electrons. The van der Waals surface area contributed by atoms with Crippen LogP contribution in [0.4, 0.5) is 0 Å². The summed E-state index contributed by atoms with van der Waals surface area (Å²) in [6.07, 6.45) is -0.257. The molecule has 0 spiro atoms. The lowest BCUT2D eigenvalue weighted by Crippen LogP contribution is -2.65. The first-order valence-electron chi connectivity index (χ1n) is 11.0. The molecule has 4 fully saturated rings. The predicted octanol–water partition coefficient (Wildman–Crippen LogP) is 1.34. The van der Waals surface area contributed by atoms with E-state index >= 15 is 0 Å². The van der Waals surface area contributed by atoms with Crippen molar-refractivity contribution in [2.24, 2.45) is 22.7 Å². The summed E-state index contributed by atoms with van der Waals surface area (Å²) < 4.78 is 21.7. The SMILES string of the molecule is CO[C@@H]1O[C@H](OC)[C@](O)(CC[C@@]2(O)[C@H](C)C[C@H]3OC(=O)[C@@]4(C)CCC[C@]2(C)[C@H]34)[C@@H]1O. The Hall–Kier alpha value is -0.770. The summed E-state index contributed by atoms with van der Waals surface area (Å²) in [5.74, 6) is -0.364. The summed E-state index contributed by atoms with van der Waals surface area (Å²) in [5, 5.41) is 34.0. The zero-order valence-electron chi connectivity index (χ0n) is 18.6. The van der Waals surface area contributed by atoms with Gasteiger partial charge in [-0.1, -0.05) is 20.3 Å². The van der Waals surface area contributed by atoms with Gasteiger partial charge in [0.25, 0.3) is 0 Å². The van der Waals surface area contributed by atoms with Gasteiger partial charge in [0.1, 0.15) is 17.8 Å². The number of rotatable bonds is 5. The first-order chi connectivity index (χ1) is 14.0. The number of esters is 1. The van der Waals surface area contributed by atoms with Crippen molar-refractivity contribution >= 4 is 5.97 Å². The average Bonchev–Trinajstić information content (AvgIpc) is 3.10. The smallest absolute Gasteiger partial charge is 0.312 e. The zero-order chi connectivity index (χ0) is 22.1. The number of aliphatic hydroxyl groups excluding tert-OH is 1. The van der Waals surface area contributed by atoms with Crippen LogP contribution in [-0.2, 0) is 23.7 Å². The first kappa shape index (κ1) is 22.4. The lowest BCUT2D eigenvalue weighted by molar-refractivity contribution is -0.238. The van der Waals surface area contributed by atoms with Crippen molar-refractivity contribution in [2.75, 3.05) is 14.2 Å². The van der Waals surface area contributed by atoms with E-state index in [9.17, 15) is 20.1 Å². The maximum Gasteiger partial charge on any atom is 0.312 e. The minimum Gasteiger partial charge on any atom is -0.462 e. The van der Waals surface area contributed by atoms with Crippen molar-refractivity contribution in [1.82, 2.24) is 0 Å². The Morgan fingerprint density at radius 2 is 1.83 bits per heavy atom. The molecule has 4 aliphatic rings. The van der Waals surface area contributed by atoms with Gasteiger partial charge in [0.05, 0.1) is 11.0 Å². The molecule has 2 saturated carbocycles. The summed E-state index contributed by atoms with van der Waals surface area (Å²) in [5.41, 5.74) is -3.98. The highest BCUT2D eigenvalue weighted by atomic mass is 16.8. The van der Waals surface area contributed by atoms with Crippen LogP contribution in [0.3, 0.4) is 0 Å². The summed E-state index contributed by atoms with van der Waals surface area (Å²) in [7, 11) is 2.79. The maximum atomic E-state index is 12.7. The molecule has 3 N–H and O–H groups in total. The van der Waals surface area contributed by atoms with Crippen LogP contribution in [0, 0.1) is 22.7 Å². The third-order valence-corrected chi connectivity index (χ3v) is 9.04. The van der Waals surface area contributed by atoms with Crippen LogP contribution >= 0.6 is 0 Å². The van der Waals surface area contributed by atoms with Gasteiger partial charge in [0.2, 0.25) is 0 Å². The van der Waals surface area contributed by atoms with E-state index in [1.807, 2.05) is 13.8 Å². The van der Waals surface area contributed by atoms with Gasteiger partial charge in [-0.3, -0.25) is 4.79 Å². The fourth-order valence-corrected chi connectivity index (χ4v) is 7.32. The third-order valence-electron chi connectivity index (χ3n) is 9.04. The van der Waals surface area contributed by atoms with Gasteiger partial charge < -0.3 is 34.3 Å². The Morgan fingerprint density at radius 3 is 2.47 bits per heavy atom. The fraction of sp³-hybridized carbons (Fsp3) is 0.955. The number of aliphatic hydroxyl groups is 3. The topological polar surface area (TPSA) is 115 Å². The molecule has 10 atom stereocenters. The van der Waals surface area contributed by atoms with Gasteiger partial charge in [-0.05, 0) is 44.9 Å². The van der Waals surface area contributed by atoms with Crippen LogP contribution in [0.25, 0.3) is 0 Å². The van der Waals surface area contributed by atoms with Crippen molar-refractivity contribution in [3.8, 4) is 0 Å². The van der Waals surface area contributed by atoms with E-state index in [4.69, 9.17) is 18.9 Å². The molecule has 2 aliphatic carbocycles. The van der Waals surface area contributed by atoms with Crippen LogP contribution in [-0.4, -0.2) is 71.5 Å². The Kier molecular flexibility index (Phi) is 5.32. The second kappa shape index (κ2) is 7.12. The molecule has 2 heterocycles. The van der Waals surface area contributed by atoms with Gasteiger partial charge in [-0.25, -0.2) is 0 Å². The minimum absolute atomic E-state index is 0.0724. The van der Waals surface area contributed by atoms with Crippen LogP contribution in [0.5, 0.6) is 0 Å². The lowest BCUT2D eigenvalue weighted by atomic mass is 9.44. The van der Waals surface area contributed by atoms with Crippen molar-refractivity contribution in [3.05, 3.63) is 0 Å². The fourth-order valence-electron chi connectivity index (χ4n) is 7.32. The summed E-state index contributed by atoms with van der Waals surface area (Å²) in [4.78, 5) is 12.7. The summed E-state index contributed by atoms with van der Waals surface area (Å²) >= 11 is 0. The normalized spacial score (nSPS) is 55.4. The third kappa shape index (κ3) is 2.70. The molecule has 8 nitrogen and oxygen atoms in total.